The number of ether oxygens (including phenoxy) is 1. The molecule has 0 aromatic carbocycles. The first-order valence-electron chi connectivity index (χ1n) is 5.59. The molecule has 1 aliphatic rings. The van der Waals surface area contributed by atoms with Crippen molar-refractivity contribution in [2.75, 3.05) is 11.9 Å². The second kappa shape index (κ2) is 4.23. The number of aromatic nitrogens is 2. The molecular formula is C11H19N3O. The molecule has 0 aliphatic carbocycles. The number of imidazole rings is 1. The molecule has 0 amide bonds. The number of anilines is 1. The van der Waals surface area contributed by atoms with Gasteiger partial charge in [0.25, 0.3) is 0 Å². The topological polar surface area (TPSA) is 39.1 Å². The molecule has 1 saturated heterocycles. The molecule has 0 bridgehead atoms. The third-order valence-electron chi connectivity index (χ3n) is 2.92. The average molecular weight is 209 g/mol. The van der Waals surface area contributed by atoms with E-state index >= 15 is 0 Å². The van der Waals surface area contributed by atoms with Gasteiger partial charge in [0.2, 0.25) is 5.95 Å². The lowest BCUT2D eigenvalue weighted by molar-refractivity contribution is 0.121. The predicted molar refractivity (Wildman–Crippen MR) is 60.1 cm³/mol. The Labute approximate surface area is 90.6 Å². The van der Waals surface area contributed by atoms with E-state index in [1.54, 1.807) is 0 Å². The highest BCUT2D eigenvalue weighted by Gasteiger charge is 2.25. The fourth-order valence-corrected chi connectivity index (χ4v) is 1.93. The molecule has 0 radical (unpaired) electrons. The molecule has 2 rings (SSSR count). The van der Waals surface area contributed by atoms with E-state index in [9.17, 15) is 0 Å². The molecule has 1 aliphatic heterocycles. The third-order valence-corrected chi connectivity index (χ3v) is 2.92. The van der Waals surface area contributed by atoms with Crippen molar-refractivity contribution in [3.8, 4) is 0 Å². The highest BCUT2D eigenvalue weighted by atomic mass is 16.5. The Morgan fingerprint density at radius 1 is 1.60 bits per heavy atom. The van der Waals surface area contributed by atoms with Crippen molar-refractivity contribution in [1.82, 2.24) is 9.55 Å². The molecule has 1 aromatic rings. The molecule has 1 N–H and O–H groups in total. The van der Waals surface area contributed by atoms with Crippen LogP contribution in [0.1, 0.15) is 33.2 Å². The largest absolute Gasteiger partial charge is 0.376 e. The van der Waals surface area contributed by atoms with E-state index < -0.39 is 0 Å². The van der Waals surface area contributed by atoms with Crippen molar-refractivity contribution >= 4 is 5.95 Å². The Kier molecular flexibility index (Phi) is 2.95. The lowest BCUT2D eigenvalue weighted by Crippen LogP contribution is -2.28. The highest BCUT2D eigenvalue weighted by Crippen LogP contribution is 2.19. The second-order valence-corrected chi connectivity index (χ2v) is 4.37. The molecule has 1 fully saturated rings. The smallest absolute Gasteiger partial charge is 0.203 e. The summed E-state index contributed by atoms with van der Waals surface area (Å²) in [4.78, 5) is 4.33. The van der Waals surface area contributed by atoms with Gasteiger partial charge < -0.3 is 14.6 Å². The summed E-state index contributed by atoms with van der Waals surface area (Å²) in [6.07, 6.45) is 5.19. The fourth-order valence-electron chi connectivity index (χ4n) is 1.93. The summed E-state index contributed by atoms with van der Waals surface area (Å²) in [6, 6.07) is 0.831. The van der Waals surface area contributed by atoms with E-state index in [1.807, 2.05) is 12.4 Å². The zero-order valence-electron chi connectivity index (χ0n) is 9.60. The molecule has 84 valence electrons. The van der Waals surface area contributed by atoms with Crippen molar-refractivity contribution in [3.63, 3.8) is 0 Å². The van der Waals surface area contributed by atoms with E-state index in [0.717, 1.165) is 19.0 Å². The summed E-state index contributed by atoms with van der Waals surface area (Å²) >= 11 is 0. The standard InChI is InChI=1S/C11H19N3O/c1-8(2)14-6-5-12-11(14)13-10-4-7-15-9(10)3/h5-6,8-10H,4,7H2,1-3H3,(H,12,13). The van der Waals surface area contributed by atoms with Crippen LogP contribution in [0, 0.1) is 0 Å². The number of hydrogen-bond donors (Lipinski definition) is 1. The fraction of sp³-hybridized carbons (Fsp3) is 0.727. The quantitative estimate of drug-likeness (QED) is 0.828. The summed E-state index contributed by atoms with van der Waals surface area (Å²) in [5.41, 5.74) is 0. The van der Waals surface area contributed by atoms with Crippen molar-refractivity contribution in [2.24, 2.45) is 0 Å². The van der Waals surface area contributed by atoms with Crippen LogP contribution in [0.15, 0.2) is 12.4 Å². The molecular weight excluding hydrogens is 190 g/mol. The first-order valence-corrected chi connectivity index (χ1v) is 5.59. The van der Waals surface area contributed by atoms with Gasteiger partial charge in [-0.25, -0.2) is 4.98 Å². The zero-order chi connectivity index (χ0) is 10.8. The van der Waals surface area contributed by atoms with Gasteiger partial charge in [-0.2, -0.15) is 0 Å². The third kappa shape index (κ3) is 2.15. The first kappa shape index (κ1) is 10.5. The summed E-state index contributed by atoms with van der Waals surface area (Å²) in [6.45, 7) is 7.26. The van der Waals surface area contributed by atoms with Crippen LogP contribution in [0.3, 0.4) is 0 Å². The van der Waals surface area contributed by atoms with E-state index in [4.69, 9.17) is 4.74 Å². The van der Waals surface area contributed by atoms with E-state index in [1.165, 1.54) is 0 Å². The number of nitrogens with one attached hydrogen (secondary N) is 1. The molecule has 2 atom stereocenters. The van der Waals surface area contributed by atoms with Gasteiger partial charge in [0.15, 0.2) is 0 Å². The maximum atomic E-state index is 5.52. The van der Waals surface area contributed by atoms with Gasteiger partial charge in [-0.3, -0.25) is 0 Å². The molecule has 1 aromatic heterocycles. The van der Waals surface area contributed by atoms with Gasteiger partial charge in [0.05, 0.1) is 12.1 Å². The van der Waals surface area contributed by atoms with Gasteiger partial charge in [-0.1, -0.05) is 0 Å². The van der Waals surface area contributed by atoms with Gasteiger partial charge in [0, 0.05) is 25.0 Å². The van der Waals surface area contributed by atoms with Crippen molar-refractivity contribution < 1.29 is 4.74 Å². The molecule has 4 heteroatoms. The maximum absolute atomic E-state index is 5.52. The van der Waals surface area contributed by atoms with Gasteiger partial charge in [-0.15, -0.1) is 0 Å². The lowest BCUT2D eigenvalue weighted by Gasteiger charge is -2.19. The second-order valence-electron chi connectivity index (χ2n) is 4.37. The first-order chi connectivity index (χ1) is 7.18. The summed E-state index contributed by atoms with van der Waals surface area (Å²) in [5, 5.41) is 3.45. The summed E-state index contributed by atoms with van der Waals surface area (Å²) in [5.74, 6) is 0.951. The van der Waals surface area contributed by atoms with Gasteiger partial charge >= 0.3 is 0 Å². The van der Waals surface area contributed by atoms with E-state index in [0.29, 0.717) is 12.1 Å². The van der Waals surface area contributed by atoms with Crippen LogP contribution >= 0.6 is 0 Å². The van der Waals surface area contributed by atoms with Crippen LogP contribution in [-0.2, 0) is 4.74 Å². The molecule has 4 nitrogen and oxygen atoms in total. The maximum Gasteiger partial charge on any atom is 0.203 e. The van der Waals surface area contributed by atoms with Crippen LogP contribution in [0.2, 0.25) is 0 Å². The van der Waals surface area contributed by atoms with Crippen LogP contribution in [0.4, 0.5) is 5.95 Å². The van der Waals surface area contributed by atoms with E-state index in [-0.39, 0.29) is 6.10 Å². The van der Waals surface area contributed by atoms with Crippen molar-refractivity contribution in [2.45, 2.75) is 45.4 Å². The van der Waals surface area contributed by atoms with Crippen LogP contribution in [-0.4, -0.2) is 28.3 Å². The average Bonchev–Trinajstić information content (AvgIpc) is 2.77. The lowest BCUT2D eigenvalue weighted by atomic mass is 10.2. The molecule has 15 heavy (non-hydrogen) atoms. The Hall–Kier alpha value is -1.03. The minimum atomic E-state index is 0.280. The Balaban J connectivity index is 2.06. The molecule has 0 saturated carbocycles. The Bertz CT molecular complexity index is 321. The number of nitrogens with zero attached hydrogens (tertiary/aromatic N) is 2. The Morgan fingerprint density at radius 3 is 3.00 bits per heavy atom. The van der Waals surface area contributed by atoms with E-state index in [2.05, 4.69) is 35.6 Å². The number of rotatable bonds is 3. The number of hydrogen-bond acceptors (Lipinski definition) is 3. The van der Waals surface area contributed by atoms with Gasteiger partial charge in [-0.05, 0) is 27.2 Å². The Morgan fingerprint density at radius 2 is 2.40 bits per heavy atom. The zero-order valence-corrected chi connectivity index (χ0v) is 9.60. The van der Waals surface area contributed by atoms with Crippen molar-refractivity contribution in [1.29, 1.82) is 0 Å². The minimum Gasteiger partial charge on any atom is -0.376 e. The molecule has 0 spiro atoms. The van der Waals surface area contributed by atoms with Crippen LogP contribution in [0.25, 0.3) is 0 Å². The van der Waals surface area contributed by atoms with Crippen molar-refractivity contribution in [3.05, 3.63) is 12.4 Å². The minimum absolute atomic E-state index is 0.280. The van der Waals surface area contributed by atoms with Gasteiger partial charge in [0.1, 0.15) is 0 Å². The monoisotopic (exact) mass is 209 g/mol. The highest BCUT2D eigenvalue weighted by molar-refractivity contribution is 5.29. The van der Waals surface area contributed by atoms with Crippen LogP contribution < -0.4 is 5.32 Å². The van der Waals surface area contributed by atoms with Crippen LogP contribution in [0.5, 0.6) is 0 Å². The summed E-state index contributed by atoms with van der Waals surface area (Å²) in [7, 11) is 0. The molecule has 2 unspecified atom stereocenters. The summed E-state index contributed by atoms with van der Waals surface area (Å²) < 4.78 is 7.66. The normalized spacial score (nSPS) is 26.1. The SMILES string of the molecule is CC1OCCC1Nc1nccn1C(C)C. The predicted octanol–water partition coefficient (Wildman–Crippen LogP) is 2.05. The molecule has 2 heterocycles.